The summed E-state index contributed by atoms with van der Waals surface area (Å²) >= 11 is 0. The zero-order valence-corrected chi connectivity index (χ0v) is 15.3. The fourth-order valence-corrected chi connectivity index (χ4v) is 3.23. The van der Waals surface area contributed by atoms with E-state index in [1.807, 2.05) is 12.1 Å². The number of benzene rings is 1. The molecule has 26 heavy (non-hydrogen) atoms. The van der Waals surface area contributed by atoms with Crippen molar-refractivity contribution in [1.29, 1.82) is 0 Å². The molecule has 3 rings (SSSR count). The van der Waals surface area contributed by atoms with E-state index in [2.05, 4.69) is 33.1 Å². The van der Waals surface area contributed by atoms with Gasteiger partial charge in [0.1, 0.15) is 0 Å². The highest BCUT2D eigenvalue weighted by molar-refractivity contribution is 5.94. The minimum Gasteiger partial charge on any atom is -0.380 e. The van der Waals surface area contributed by atoms with Crippen LogP contribution in [0.3, 0.4) is 0 Å². The number of anilines is 1. The minimum absolute atomic E-state index is 0.0894. The highest BCUT2D eigenvalue weighted by Crippen LogP contribution is 2.21. The third-order valence-corrected chi connectivity index (χ3v) is 4.82. The van der Waals surface area contributed by atoms with Crippen molar-refractivity contribution < 1.29 is 14.3 Å². The number of amides is 1. The van der Waals surface area contributed by atoms with Gasteiger partial charge in [-0.05, 0) is 24.3 Å². The van der Waals surface area contributed by atoms with Crippen molar-refractivity contribution in [3.63, 3.8) is 0 Å². The van der Waals surface area contributed by atoms with Crippen molar-refractivity contribution in [2.24, 2.45) is 5.73 Å². The lowest BCUT2D eigenvalue weighted by Gasteiger charge is -2.26. The molecule has 0 radical (unpaired) electrons. The number of nitrogens with one attached hydrogen (secondary N) is 1. The minimum atomic E-state index is -0.250. The summed E-state index contributed by atoms with van der Waals surface area (Å²) in [5.41, 5.74) is 7.53. The Bertz CT molecular complexity index is 721. The first-order valence-electron chi connectivity index (χ1n) is 9.11. The average Bonchev–Trinajstić information content (AvgIpc) is 3.07. The number of ether oxygens (including phenoxy) is 2. The van der Waals surface area contributed by atoms with Crippen molar-refractivity contribution in [2.45, 2.75) is 19.1 Å². The van der Waals surface area contributed by atoms with Crippen LogP contribution in [0.15, 0.2) is 30.5 Å². The van der Waals surface area contributed by atoms with E-state index in [0.717, 1.165) is 50.5 Å². The predicted octanol–water partition coefficient (Wildman–Crippen LogP) is 1.28. The summed E-state index contributed by atoms with van der Waals surface area (Å²) in [5, 5.41) is 4.04. The fraction of sp³-hybridized carbons (Fsp3) is 0.526. The predicted molar refractivity (Wildman–Crippen MR) is 102 cm³/mol. The maximum Gasteiger partial charge on any atom is 0.227 e. The molecule has 3 N–H and O–H groups in total. The summed E-state index contributed by atoms with van der Waals surface area (Å²) in [6, 6.07) is 8.08. The molecule has 1 aromatic carbocycles. The molecule has 0 saturated carbocycles. The van der Waals surface area contributed by atoms with Crippen molar-refractivity contribution >= 4 is 22.5 Å². The standard InChI is InChI=1S/C19H28N4O3/c1-25-17(14-20)13-19(24)21-16-2-3-18-15(12-16)4-5-23(18)7-6-22-8-10-26-11-9-22/h2-5,12,17H,6-11,13-14,20H2,1H3,(H,21,24). The van der Waals surface area contributed by atoms with Gasteiger partial charge in [0.15, 0.2) is 0 Å². The van der Waals surface area contributed by atoms with Gasteiger partial charge in [0.25, 0.3) is 0 Å². The summed E-state index contributed by atoms with van der Waals surface area (Å²) in [5.74, 6) is -0.0894. The molecular formula is C19H28N4O3. The number of nitrogens with two attached hydrogens (primary N) is 1. The van der Waals surface area contributed by atoms with E-state index in [-0.39, 0.29) is 18.4 Å². The van der Waals surface area contributed by atoms with Crippen LogP contribution in [-0.4, -0.2) is 68.0 Å². The second-order valence-corrected chi connectivity index (χ2v) is 6.58. The first-order chi connectivity index (χ1) is 12.7. The highest BCUT2D eigenvalue weighted by atomic mass is 16.5. The molecule has 2 heterocycles. The molecule has 7 heteroatoms. The topological polar surface area (TPSA) is 81.8 Å². The van der Waals surface area contributed by atoms with Crippen molar-refractivity contribution in [2.75, 3.05) is 51.8 Å². The maximum absolute atomic E-state index is 12.1. The number of carbonyl (C=O) groups excluding carboxylic acids is 1. The number of carbonyl (C=O) groups is 1. The van der Waals surface area contributed by atoms with Gasteiger partial charge in [-0.2, -0.15) is 0 Å². The van der Waals surface area contributed by atoms with E-state index in [1.165, 1.54) is 5.52 Å². The van der Waals surface area contributed by atoms with Gasteiger partial charge in [-0.25, -0.2) is 0 Å². The molecular weight excluding hydrogens is 332 g/mol. The zero-order valence-electron chi connectivity index (χ0n) is 15.3. The lowest BCUT2D eigenvalue weighted by atomic mass is 10.2. The number of fused-ring (bicyclic) bond motifs is 1. The van der Waals surface area contributed by atoms with Crippen molar-refractivity contribution in [3.05, 3.63) is 30.5 Å². The van der Waals surface area contributed by atoms with Crippen LogP contribution in [-0.2, 0) is 20.8 Å². The van der Waals surface area contributed by atoms with Crippen LogP contribution in [0.5, 0.6) is 0 Å². The Labute approximate surface area is 154 Å². The number of methoxy groups -OCH3 is 1. The summed E-state index contributed by atoms with van der Waals surface area (Å²) < 4.78 is 12.8. The Morgan fingerprint density at radius 1 is 1.31 bits per heavy atom. The summed E-state index contributed by atoms with van der Waals surface area (Å²) in [7, 11) is 1.57. The summed E-state index contributed by atoms with van der Waals surface area (Å²) in [6.07, 6.45) is 2.11. The van der Waals surface area contributed by atoms with E-state index in [0.29, 0.717) is 6.54 Å². The second-order valence-electron chi connectivity index (χ2n) is 6.58. The molecule has 1 unspecified atom stereocenters. The van der Waals surface area contributed by atoms with Crippen LogP contribution in [0.25, 0.3) is 10.9 Å². The SMILES string of the molecule is COC(CN)CC(=O)Nc1ccc2c(ccn2CCN2CCOCC2)c1. The highest BCUT2D eigenvalue weighted by Gasteiger charge is 2.13. The second kappa shape index (κ2) is 9.14. The molecule has 1 fully saturated rings. The number of hydrogen-bond acceptors (Lipinski definition) is 5. The van der Waals surface area contributed by atoms with E-state index in [4.69, 9.17) is 15.2 Å². The van der Waals surface area contributed by atoms with Gasteiger partial charge in [0.2, 0.25) is 5.91 Å². The van der Waals surface area contributed by atoms with Crippen LogP contribution in [0, 0.1) is 0 Å². The smallest absolute Gasteiger partial charge is 0.227 e. The molecule has 7 nitrogen and oxygen atoms in total. The van der Waals surface area contributed by atoms with Gasteiger partial charge in [-0.3, -0.25) is 9.69 Å². The number of hydrogen-bond donors (Lipinski definition) is 2. The first kappa shape index (κ1) is 18.8. The molecule has 1 aliphatic heterocycles. The van der Waals surface area contributed by atoms with Crippen LogP contribution < -0.4 is 11.1 Å². The molecule has 1 amide bonds. The normalized spacial score (nSPS) is 16.7. The van der Waals surface area contributed by atoms with Gasteiger partial charge in [-0.1, -0.05) is 0 Å². The Kier molecular flexibility index (Phi) is 6.62. The number of aromatic nitrogens is 1. The molecule has 2 aromatic rings. The van der Waals surface area contributed by atoms with Crippen LogP contribution in [0.1, 0.15) is 6.42 Å². The Morgan fingerprint density at radius 3 is 2.85 bits per heavy atom. The first-order valence-corrected chi connectivity index (χ1v) is 9.11. The lowest BCUT2D eigenvalue weighted by Crippen LogP contribution is -2.38. The third kappa shape index (κ3) is 4.82. The summed E-state index contributed by atoms with van der Waals surface area (Å²) in [4.78, 5) is 14.5. The molecule has 1 aliphatic rings. The van der Waals surface area contributed by atoms with Crippen LogP contribution >= 0.6 is 0 Å². The monoisotopic (exact) mass is 360 g/mol. The molecule has 1 saturated heterocycles. The van der Waals surface area contributed by atoms with Gasteiger partial charge < -0.3 is 25.1 Å². The molecule has 0 spiro atoms. The molecule has 142 valence electrons. The zero-order chi connectivity index (χ0) is 18.4. The average molecular weight is 360 g/mol. The van der Waals surface area contributed by atoms with Gasteiger partial charge >= 0.3 is 0 Å². The lowest BCUT2D eigenvalue weighted by molar-refractivity contribution is -0.118. The van der Waals surface area contributed by atoms with Gasteiger partial charge in [0.05, 0.1) is 25.7 Å². The maximum atomic E-state index is 12.1. The van der Waals surface area contributed by atoms with Crippen LogP contribution in [0.4, 0.5) is 5.69 Å². The quantitative estimate of drug-likeness (QED) is 0.741. The van der Waals surface area contributed by atoms with Crippen LogP contribution in [0.2, 0.25) is 0 Å². The third-order valence-electron chi connectivity index (χ3n) is 4.82. The van der Waals surface area contributed by atoms with E-state index >= 15 is 0 Å². The largest absolute Gasteiger partial charge is 0.380 e. The molecule has 1 atom stereocenters. The van der Waals surface area contributed by atoms with E-state index < -0.39 is 0 Å². The van der Waals surface area contributed by atoms with E-state index in [1.54, 1.807) is 7.11 Å². The number of nitrogens with zero attached hydrogens (tertiary/aromatic N) is 2. The fourth-order valence-electron chi connectivity index (χ4n) is 3.23. The van der Waals surface area contributed by atoms with Crippen molar-refractivity contribution in [1.82, 2.24) is 9.47 Å². The van der Waals surface area contributed by atoms with E-state index in [9.17, 15) is 4.79 Å². The molecule has 0 aliphatic carbocycles. The van der Waals surface area contributed by atoms with Crippen molar-refractivity contribution in [3.8, 4) is 0 Å². The van der Waals surface area contributed by atoms with Gasteiger partial charge in [0, 0.05) is 62.6 Å². The van der Waals surface area contributed by atoms with Gasteiger partial charge in [-0.15, -0.1) is 0 Å². The Hall–Kier alpha value is -1.93. The summed E-state index contributed by atoms with van der Waals surface area (Å²) in [6.45, 7) is 5.94. The Morgan fingerprint density at radius 2 is 2.12 bits per heavy atom. The number of rotatable bonds is 8. The molecule has 1 aromatic heterocycles. The Balaban J connectivity index is 1.60. The molecule has 0 bridgehead atoms. The number of morpholine rings is 1.